The smallest absolute Gasteiger partial charge is 0.214 e. The number of nitrogens with zero attached hydrogens (tertiary/aromatic N) is 1. The summed E-state index contributed by atoms with van der Waals surface area (Å²) in [4.78, 5) is 12.6. The molecule has 0 saturated carbocycles. The molecule has 0 aliphatic carbocycles. The Hall–Kier alpha value is -2.05. The highest BCUT2D eigenvalue weighted by molar-refractivity contribution is 7.89. The zero-order valence-corrected chi connectivity index (χ0v) is 16.0. The maximum Gasteiger partial charge on any atom is 0.214 e. The second-order valence-corrected chi connectivity index (χ2v) is 9.06. The van der Waals surface area contributed by atoms with Crippen LogP contribution in [0, 0.1) is 11.7 Å². The van der Waals surface area contributed by atoms with Crippen molar-refractivity contribution < 1.29 is 17.6 Å². The minimum atomic E-state index is -3.39. The van der Waals surface area contributed by atoms with E-state index in [0.29, 0.717) is 37.8 Å². The molecule has 0 aromatic heterocycles. The van der Waals surface area contributed by atoms with Crippen molar-refractivity contribution in [2.24, 2.45) is 5.92 Å². The van der Waals surface area contributed by atoms with Gasteiger partial charge in [0.1, 0.15) is 5.82 Å². The quantitative estimate of drug-likeness (QED) is 0.679. The van der Waals surface area contributed by atoms with E-state index < -0.39 is 15.8 Å². The van der Waals surface area contributed by atoms with Gasteiger partial charge in [-0.1, -0.05) is 30.3 Å². The van der Waals surface area contributed by atoms with E-state index in [-0.39, 0.29) is 24.0 Å². The summed E-state index contributed by atoms with van der Waals surface area (Å²) in [5.74, 6) is -0.788. The van der Waals surface area contributed by atoms with Crippen molar-refractivity contribution in [3.8, 4) is 0 Å². The summed E-state index contributed by atoms with van der Waals surface area (Å²) in [7, 11) is -3.39. The van der Waals surface area contributed by atoms with Crippen molar-refractivity contribution in [2.75, 3.05) is 18.8 Å². The first kappa shape index (κ1) is 19.7. The lowest BCUT2D eigenvalue weighted by molar-refractivity contribution is 0.0872. The molecule has 1 unspecified atom stereocenters. The van der Waals surface area contributed by atoms with E-state index in [1.807, 2.05) is 30.3 Å². The van der Waals surface area contributed by atoms with Gasteiger partial charge in [0, 0.05) is 24.6 Å². The number of halogens is 1. The van der Waals surface area contributed by atoms with E-state index in [1.165, 1.54) is 28.6 Å². The first-order chi connectivity index (χ1) is 13.0. The normalized spacial score (nSPS) is 18.3. The van der Waals surface area contributed by atoms with Crippen LogP contribution in [0.2, 0.25) is 0 Å². The van der Waals surface area contributed by atoms with Crippen molar-refractivity contribution in [3.05, 3.63) is 71.5 Å². The summed E-state index contributed by atoms with van der Waals surface area (Å²) >= 11 is 0. The molecule has 6 heteroatoms. The van der Waals surface area contributed by atoms with E-state index in [2.05, 4.69) is 0 Å². The Labute approximate surface area is 160 Å². The molecule has 1 fully saturated rings. The second-order valence-electron chi connectivity index (χ2n) is 6.97. The number of Topliss-reactive ketones (excluding diaryl/α,β-unsaturated/α-hetero) is 1. The highest BCUT2D eigenvalue weighted by Gasteiger charge is 2.32. The number of carbonyl (C=O) groups excluding carboxylic acids is 1. The molecule has 2 aromatic rings. The van der Waals surface area contributed by atoms with Crippen LogP contribution in [0.3, 0.4) is 0 Å². The molecule has 1 aliphatic heterocycles. The third-order valence-electron chi connectivity index (χ3n) is 4.99. The van der Waals surface area contributed by atoms with Gasteiger partial charge in [0.25, 0.3) is 0 Å². The molecular formula is C21H24FNO3S. The van der Waals surface area contributed by atoms with Crippen LogP contribution in [0.1, 0.15) is 35.2 Å². The van der Waals surface area contributed by atoms with Crippen LogP contribution in [-0.4, -0.2) is 37.3 Å². The van der Waals surface area contributed by atoms with Crippen LogP contribution >= 0.6 is 0 Å². The fourth-order valence-electron chi connectivity index (χ4n) is 3.49. The van der Waals surface area contributed by atoms with Crippen molar-refractivity contribution in [1.29, 1.82) is 0 Å². The van der Waals surface area contributed by atoms with Crippen molar-refractivity contribution >= 4 is 15.8 Å². The lowest BCUT2D eigenvalue weighted by atomic mass is 9.91. The Morgan fingerprint density at radius 3 is 2.48 bits per heavy atom. The molecule has 0 radical (unpaired) electrons. The van der Waals surface area contributed by atoms with Crippen molar-refractivity contribution in [1.82, 2.24) is 4.31 Å². The summed E-state index contributed by atoms with van der Waals surface area (Å²) in [5, 5.41) is 0. The Kier molecular flexibility index (Phi) is 6.39. The standard InChI is InChI=1S/C21H24FNO3S/c22-20-12-10-18(11-13-20)21(24)19-9-4-14-23(16-19)27(25,26)15-5-8-17-6-2-1-3-7-17/h1-3,6-7,10-13,19H,4-5,8-9,14-16H2. The summed E-state index contributed by atoms with van der Waals surface area (Å²) in [6.07, 6.45) is 2.59. The number of sulfonamides is 1. The topological polar surface area (TPSA) is 54.5 Å². The molecule has 0 amide bonds. The monoisotopic (exact) mass is 389 g/mol. The third-order valence-corrected chi connectivity index (χ3v) is 6.91. The van der Waals surface area contributed by atoms with Crippen molar-refractivity contribution in [3.63, 3.8) is 0 Å². The zero-order chi connectivity index (χ0) is 19.3. The van der Waals surface area contributed by atoms with Gasteiger partial charge < -0.3 is 0 Å². The minimum Gasteiger partial charge on any atom is -0.294 e. The third kappa shape index (κ3) is 5.23. The maximum atomic E-state index is 13.1. The molecule has 1 atom stereocenters. The van der Waals surface area contributed by atoms with Gasteiger partial charge in [0.05, 0.1) is 5.75 Å². The number of carbonyl (C=O) groups is 1. The first-order valence-corrected chi connectivity index (χ1v) is 10.9. The number of ketones is 1. The van der Waals surface area contributed by atoms with Gasteiger partial charge in [-0.3, -0.25) is 4.79 Å². The second kappa shape index (κ2) is 8.76. The van der Waals surface area contributed by atoms with E-state index in [0.717, 1.165) is 5.56 Å². The highest BCUT2D eigenvalue weighted by Crippen LogP contribution is 2.24. The number of aryl methyl sites for hydroxylation is 1. The van der Waals surface area contributed by atoms with Crippen LogP contribution in [-0.2, 0) is 16.4 Å². The van der Waals surface area contributed by atoms with Gasteiger partial charge in [0.2, 0.25) is 10.0 Å². The summed E-state index contributed by atoms with van der Waals surface area (Å²) in [6.45, 7) is 0.671. The predicted octanol–water partition coefficient (Wildman–Crippen LogP) is 3.68. The number of rotatable bonds is 7. The molecule has 1 aliphatic rings. The molecule has 0 N–H and O–H groups in total. The van der Waals surface area contributed by atoms with Crippen LogP contribution in [0.15, 0.2) is 54.6 Å². The molecule has 4 nitrogen and oxygen atoms in total. The molecule has 144 valence electrons. The molecule has 1 saturated heterocycles. The van der Waals surface area contributed by atoms with Gasteiger partial charge in [-0.25, -0.2) is 17.1 Å². The van der Waals surface area contributed by atoms with E-state index in [9.17, 15) is 17.6 Å². The number of hydrogen-bond donors (Lipinski definition) is 0. The SMILES string of the molecule is O=C(c1ccc(F)cc1)C1CCCN(S(=O)(=O)CCCc2ccccc2)C1. The maximum absolute atomic E-state index is 13.1. The number of hydrogen-bond acceptors (Lipinski definition) is 3. The van der Waals surface area contributed by atoms with Crippen molar-refractivity contribution in [2.45, 2.75) is 25.7 Å². The average Bonchev–Trinajstić information content (AvgIpc) is 2.69. The Morgan fingerprint density at radius 1 is 1.07 bits per heavy atom. The Morgan fingerprint density at radius 2 is 1.78 bits per heavy atom. The Balaban J connectivity index is 1.59. The predicted molar refractivity (Wildman–Crippen MR) is 104 cm³/mol. The first-order valence-electron chi connectivity index (χ1n) is 9.27. The highest BCUT2D eigenvalue weighted by atomic mass is 32.2. The fourth-order valence-corrected chi connectivity index (χ4v) is 5.07. The molecule has 2 aromatic carbocycles. The summed E-state index contributed by atoms with van der Waals surface area (Å²) < 4.78 is 39.9. The van der Waals surface area contributed by atoms with E-state index >= 15 is 0 Å². The summed E-state index contributed by atoms with van der Waals surface area (Å²) in [5.41, 5.74) is 1.56. The number of benzene rings is 2. The van der Waals surface area contributed by atoms with E-state index in [1.54, 1.807) is 0 Å². The van der Waals surface area contributed by atoms with E-state index in [4.69, 9.17) is 0 Å². The zero-order valence-electron chi connectivity index (χ0n) is 15.2. The van der Waals surface area contributed by atoms with Crippen LogP contribution in [0.25, 0.3) is 0 Å². The number of piperidine rings is 1. The van der Waals surface area contributed by atoms with Crippen LogP contribution < -0.4 is 0 Å². The van der Waals surface area contributed by atoms with Gasteiger partial charge in [-0.05, 0) is 55.5 Å². The largest absolute Gasteiger partial charge is 0.294 e. The summed E-state index contributed by atoms with van der Waals surface area (Å²) in [6, 6.07) is 15.3. The lowest BCUT2D eigenvalue weighted by Gasteiger charge is -2.31. The van der Waals surface area contributed by atoms with Gasteiger partial charge >= 0.3 is 0 Å². The molecule has 0 spiro atoms. The van der Waals surface area contributed by atoms with Gasteiger partial charge in [-0.15, -0.1) is 0 Å². The molecular weight excluding hydrogens is 365 g/mol. The molecule has 3 rings (SSSR count). The molecule has 27 heavy (non-hydrogen) atoms. The fraction of sp³-hybridized carbons (Fsp3) is 0.381. The molecule has 1 heterocycles. The van der Waals surface area contributed by atoms with Gasteiger partial charge in [0.15, 0.2) is 5.78 Å². The molecule has 0 bridgehead atoms. The Bertz CT molecular complexity index is 866. The van der Waals surface area contributed by atoms with Gasteiger partial charge in [-0.2, -0.15) is 0 Å². The van der Waals surface area contributed by atoms with Crippen LogP contribution in [0.5, 0.6) is 0 Å². The lowest BCUT2D eigenvalue weighted by Crippen LogP contribution is -2.43. The van der Waals surface area contributed by atoms with Crippen LogP contribution in [0.4, 0.5) is 4.39 Å². The average molecular weight is 389 g/mol. The minimum absolute atomic E-state index is 0.0827.